The molecule has 0 saturated carbocycles. The number of esters is 1. The molecule has 0 radical (unpaired) electrons. The molecule has 196 valence electrons. The van der Waals surface area contributed by atoms with Gasteiger partial charge in [-0.15, -0.1) is 0 Å². The van der Waals surface area contributed by atoms with Crippen LogP contribution in [0.25, 0.3) is 11.1 Å². The molecule has 0 spiro atoms. The van der Waals surface area contributed by atoms with Gasteiger partial charge in [-0.05, 0) is 79.5 Å². The van der Waals surface area contributed by atoms with E-state index in [1.165, 1.54) is 11.7 Å². The van der Waals surface area contributed by atoms with Crippen molar-refractivity contribution in [1.29, 1.82) is 0 Å². The number of methoxy groups -OCH3 is 1. The number of aryl methyl sites for hydroxylation is 4. The Hall–Kier alpha value is -3.74. The highest BCUT2D eigenvalue weighted by molar-refractivity contribution is 5.82. The predicted molar refractivity (Wildman–Crippen MR) is 145 cm³/mol. The van der Waals surface area contributed by atoms with Crippen molar-refractivity contribution in [3.05, 3.63) is 87.1 Å². The number of benzene rings is 1. The van der Waals surface area contributed by atoms with Gasteiger partial charge in [0.15, 0.2) is 0 Å². The maximum atomic E-state index is 13.7. The number of aromatic nitrogens is 2. The van der Waals surface area contributed by atoms with Crippen LogP contribution in [0.15, 0.2) is 53.7 Å². The van der Waals surface area contributed by atoms with Gasteiger partial charge in [0.2, 0.25) is 5.91 Å². The highest BCUT2D eigenvalue weighted by Crippen LogP contribution is 2.30. The first-order valence-corrected chi connectivity index (χ1v) is 12.6. The second-order valence-electron chi connectivity index (χ2n) is 10.1. The lowest BCUT2D eigenvalue weighted by Crippen LogP contribution is -2.40. The van der Waals surface area contributed by atoms with E-state index in [1.807, 2.05) is 65.8 Å². The number of hydrogen-bond donors (Lipinski definition) is 1. The lowest BCUT2D eigenvalue weighted by atomic mass is 9.94. The predicted octanol–water partition coefficient (Wildman–Crippen LogP) is 5.15. The number of nitrogens with one attached hydrogen (secondary N) is 1. The largest absolute Gasteiger partial charge is 0.469 e. The van der Waals surface area contributed by atoms with Crippen LogP contribution in [-0.4, -0.2) is 28.5 Å². The molecule has 0 bridgehead atoms. The number of amides is 1. The van der Waals surface area contributed by atoms with Crippen LogP contribution >= 0.6 is 0 Å². The van der Waals surface area contributed by atoms with Crippen molar-refractivity contribution in [2.45, 2.75) is 66.5 Å². The molecule has 1 aromatic carbocycles. The summed E-state index contributed by atoms with van der Waals surface area (Å²) in [6.07, 6.45) is 5.59. The molecule has 37 heavy (non-hydrogen) atoms. The zero-order chi connectivity index (χ0) is 27.3. The second kappa shape index (κ2) is 12.0. The normalized spacial score (nSPS) is 12.8. The van der Waals surface area contributed by atoms with Crippen LogP contribution in [0.1, 0.15) is 66.6 Å². The molecule has 0 aliphatic carbocycles. The summed E-state index contributed by atoms with van der Waals surface area (Å²) in [5, 5.41) is 3.03. The summed E-state index contributed by atoms with van der Waals surface area (Å²) in [7, 11) is 1.32. The van der Waals surface area contributed by atoms with Crippen LogP contribution in [0.4, 0.5) is 0 Å². The van der Waals surface area contributed by atoms with Gasteiger partial charge in [0.1, 0.15) is 6.04 Å². The zero-order valence-corrected chi connectivity index (χ0v) is 22.8. The third kappa shape index (κ3) is 6.73. The van der Waals surface area contributed by atoms with Crippen LogP contribution in [0.2, 0.25) is 0 Å². The van der Waals surface area contributed by atoms with Gasteiger partial charge in [0, 0.05) is 30.2 Å². The van der Waals surface area contributed by atoms with Gasteiger partial charge >= 0.3 is 5.97 Å². The molecule has 7 nitrogen and oxygen atoms in total. The Morgan fingerprint density at radius 1 is 1.00 bits per heavy atom. The SMILES string of the molecule is COC(=O)C[C@H](NC(=O)[C@H](CC(C)C)n1cc(C)c(C)cc1=O)c1cncc(-c2c(C)cccc2C)c1. The van der Waals surface area contributed by atoms with E-state index in [0.29, 0.717) is 12.0 Å². The van der Waals surface area contributed by atoms with Gasteiger partial charge in [-0.3, -0.25) is 19.4 Å². The molecule has 3 aromatic rings. The smallest absolute Gasteiger partial charge is 0.307 e. The third-order valence-corrected chi connectivity index (χ3v) is 6.73. The number of rotatable bonds is 9. The van der Waals surface area contributed by atoms with E-state index in [1.54, 1.807) is 24.7 Å². The molecular weight excluding hydrogens is 466 g/mol. The van der Waals surface area contributed by atoms with Gasteiger partial charge in [-0.1, -0.05) is 32.0 Å². The quantitative estimate of drug-likeness (QED) is 0.408. The number of carbonyl (C=O) groups excluding carboxylic acids is 2. The highest BCUT2D eigenvalue weighted by atomic mass is 16.5. The molecule has 2 heterocycles. The van der Waals surface area contributed by atoms with Crippen molar-refractivity contribution in [2.75, 3.05) is 7.11 Å². The first-order chi connectivity index (χ1) is 17.5. The molecule has 2 aromatic heterocycles. The number of nitrogens with zero attached hydrogens (tertiary/aromatic N) is 2. The number of ether oxygens (including phenoxy) is 1. The maximum absolute atomic E-state index is 13.7. The standard InChI is InChI=1S/C30H37N3O4/c1-18(2)11-26(33-17-22(6)21(5)12-27(33)34)30(36)32-25(14-28(35)37-7)23-13-24(16-31-15-23)29-19(3)9-8-10-20(29)4/h8-10,12-13,15-18,25-26H,11,14H2,1-7H3,(H,32,36)/t25-,26-/m0/s1. The number of carbonyl (C=O) groups is 2. The third-order valence-electron chi connectivity index (χ3n) is 6.73. The Morgan fingerprint density at radius 2 is 1.68 bits per heavy atom. The van der Waals surface area contributed by atoms with Crippen LogP contribution in [0.3, 0.4) is 0 Å². The van der Waals surface area contributed by atoms with Crippen molar-refractivity contribution < 1.29 is 14.3 Å². The van der Waals surface area contributed by atoms with Gasteiger partial charge in [-0.2, -0.15) is 0 Å². The fraction of sp³-hybridized carbons (Fsp3) is 0.400. The fourth-order valence-corrected chi connectivity index (χ4v) is 4.61. The first-order valence-electron chi connectivity index (χ1n) is 12.6. The van der Waals surface area contributed by atoms with Crippen molar-refractivity contribution in [3.63, 3.8) is 0 Å². The number of pyridine rings is 2. The molecule has 2 atom stereocenters. The molecule has 0 saturated heterocycles. The second-order valence-corrected chi connectivity index (χ2v) is 10.1. The monoisotopic (exact) mass is 503 g/mol. The van der Waals surface area contributed by atoms with Crippen LogP contribution < -0.4 is 10.9 Å². The topological polar surface area (TPSA) is 90.3 Å². The molecule has 1 amide bonds. The lowest BCUT2D eigenvalue weighted by Gasteiger charge is -2.26. The van der Waals surface area contributed by atoms with Gasteiger partial charge in [0.25, 0.3) is 5.56 Å². The van der Waals surface area contributed by atoms with Crippen LogP contribution in [-0.2, 0) is 14.3 Å². The summed E-state index contributed by atoms with van der Waals surface area (Å²) >= 11 is 0. The highest BCUT2D eigenvalue weighted by Gasteiger charge is 2.27. The Bertz CT molecular complexity index is 1320. The fourth-order valence-electron chi connectivity index (χ4n) is 4.61. The Morgan fingerprint density at radius 3 is 2.30 bits per heavy atom. The van der Waals surface area contributed by atoms with Gasteiger partial charge < -0.3 is 14.6 Å². The summed E-state index contributed by atoms with van der Waals surface area (Å²) in [6, 6.07) is 8.21. The van der Waals surface area contributed by atoms with Crippen molar-refractivity contribution >= 4 is 11.9 Å². The Labute approximate surface area is 218 Å². The molecule has 0 fully saturated rings. The summed E-state index contributed by atoms with van der Waals surface area (Å²) in [5.74, 6) is -0.616. The van der Waals surface area contributed by atoms with E-state index in [4.69, 9.17) is 4.74 Å². The minimum Gasteiger partial charge on any atom is -0.469 e. The number of hydrogen-bond acceptors (Lipinski definition) is 5. The minimum atomic E-state index is -0.721. The Kier molecular flexibility index (Phi) is 9.03. The summed E-state index contributed by atoms with van der Waals surface area (Å²) < 4.78 is 6.43. The van der Waals surface area contributed by atoms with Gasteiger partial charge in [0.05, 0.1) is 19.6 Å². The molecule has 0 unspecified atom stereocenters. The summed E-state index contributed by atoms with van der Waals surface area (Å²) in [4.78, 5) is 43.3. The average Bonchev–Trinajstić information content (AvgIpc) is 2.84. The van der Waals surface area contributed by atoms with E-state index < -0.39 is 18.1 Å². The van der Waals surface area contributed by atoms with E-state index >= 15 is 0 Å². The van der Waals surface area contributed by atoms with E-state index in [0.717, 1.165) is 33.4 Å². The zero-order valence-electron chi connectivity index (χ0n) is 22.8. The van der Waals surface area contributed by atoms with Gasteiger partial charge in [-0.25, -0.2) is 0 Å². The van der Waals surface area contributed by atoms with E-state index in [2.05, 4.69) is 10.3 Å². The maximum Gasteiger partial charge on any atom is 0.307 e. The van der Waals surface area contributed by atoms with Crippen molar-refractivity contribution in [1.82, 2.24) is 14.9 Å². The first kappa shape index (κ1) is 27.8. The van der Waals surface area contributed by atoms with Crippen molar-refractivity contribution in [3.8, 4) is 11.1 Å². The van der Waals surface area contributed by atoms with E-state index in [9.17, 15) is 14.4 Å². The molecule has 3 rings (SSSR count). The lowest BCUT2D eigenvalue weighted by molar-refractivity contribution is -0.141. The van der Waals surface area contributed by atoms with Crippen LogP contribution in [0.5, 0.6) is 0 Å². The molecule has 1 N–H and O–H groups in total. The molecule has 0 aliphatic heterocycles. The van der Waals surface area contributed by atoms with Crippen molar-refractivity contribution in [2.24, 2.45) is 5.92 Å². The molecule has 0 aliphatic rings. The van der Waals surface area contributed by atoms with Crippen LogP contribution in [0, 0.1) is 33.6 Å². The van der Waals surface area contributed by atoms with E-state index in [-0.39, 0.29) is 23.8 Å². The minimum absolute atomic E-state index is 0.0592. The Balaban J connectivity index is 2.02. The molecule has 7 heteroatoms. The average molecular weight is 504 g/mol. The molecular formula is C30H37N3O4. The summed E-state index contributed by atoms with van der Waals surface area (Å²) in [5.41, 5.74) is 6.46. The summed E-state index contributed by atoms with van der Waals surface area (Å²) in [6.45, 7) is 11.9.